The maximum atomic E-state index is 5.80. The Hall–Kier alpha value is -0.420. The molecule has 15 heavy (non-hydrogen) atoms. The zero-order valence-electron chi connectivity index (χ0n) is 8.66. The minimum atomic E-state index is 0.747. The van der Waals surface area contributed by atoms with E-state index in [-0.39, 0.29) is 0 Å². The van der Waals surface area contributed by atoms with Crippen molar-refractivity contribution in [2.45, 2.75) is 6.92 Å². The van der Waals surface area contributed by atoms with Crippen molar-refractivity contribution < 1.29 is 0 Å². The van der Waals surface area contributed by atoms with Crippen LogP contribution in [0, 0.1) is 6.92 Å². The number of halogens is 1. The summed E-state index contributed by atoms with van der Waals surface area (Å²) in [4.78, 5) is 6.72. The number of nitrogens with two attached hydrogens (primary N) is 1. The molecule has 1 aromatic heterocycles. The standard InChI is InChI=1S/C10H14BrN3S/c1-7-8(12)6-13-10(9(7)11)14-2-4-15-5-3-14/h6H,2-5,12H2,1H3. The third-order valence-corrected chi connectivity index (χ3v) is 4.49. The van der Waals surface area contributed by atoms with E-state index in [1.54, 1.807) is 6.20 Å². The van der Waals surface area contributed by atoms with Crippen LogP contribution in [0.4, 0.5) is 11.5 Å². The Morgan fingerprint density at radius 1 is 1.47 bits per heavy atom. The van der Waals surface area contributed by atoms with Gasteiger partial charge < -0.3 is 10.6 Å². The molecule has 0 bridgehead atoms. The molecule has 3 nitrogen and oxygen atoms in total. The molecule has 0 aliphatic carbocycles. The van der Waals surface area contributed by atoms with Gasteiger partial charge in [0, 0.05) is 24.6 Å². The average Bonchev–Trinajstić information content (AvgIpc) is 2.27. The molecule has 0 atom stereocenters. The van der Waals surface area contributed by atoms with Crippen LogP contribution in [0.5, 0.6) is 0 Å². The first-order chi connectivity index (χ1) is 7.20. The third-order valence-electron chi connectivity index (χ3n) is 2.60. The van der Waals surface area contributed by atoms with Crippen LogP contribution in [0.2, 0.25) is 0 Å². The number of pyridine rings is 1. The first-order valence-corrected chi connectivity index (χ1v) is 6.88. The fourth-order valence-electron chi connectivity index (χ4n) is 1.57. The zero-order valence-corrected chi connectivity index (χ0v) is 11.1. The summed E-state index contributed by atoms with van der Waals surface area (Å²) in [5.74, 6) is 3.39. The lowest BCUT2D eigenvalue weighted by molar-refractivity contribution is 0.835. The van der Waals surface area contributed by atoms with Crippen LogP contribution in [0.25, 0.3) is 0 Å². The van der Waals surface area contributed by atoms with Gasteiger partial charge in [0.25, 0.3) is 0 Å². The first kappa shape index (κ1) is 11.1. The number of thioether (sulfide) groups is 1. The Kier molecular flexibility index (Phi) is 3.41. The van der Waals surface area contributed by atoms with Crippen LogP contribution >= 0.6 is 27.7 Å². The lowest BCUT2D eigenvalue weighted by Crippen LogP contribution is -2.33. The molecule has 5 heteroatoms. The number of aromatic nitrogens is 1. The topological polar surface area (TPSA) is 42.1 Å². The maximum Gasteiger partial charge on any atom is 0.143 e. The number of hydrogen-bond acceptors (Lipinski definition) is 4. The predicted molar refractivity (Wildman–Crippen MR) is 70.6 cm³/mol. The van der Waals surface area contributed by atoms with Gasteiger partial charge in [-0.25, -0.2) is 4.98 Å². The third kappa shape index (κ3) is 2.23. The highest BCUT2D eigenvalue weighted by Gasteiger charge is 2.16. The number of nitrogens with zero attached hydrogens (tertiary/aromatic N) is 2. The van der Waals surface area contributed by atoms with Crippen LogP contribution in [-0.2, 0) is 0 Å². The molecule has 1 aliphatic rings. The second kappa shape index (κ2) is 4.61. The van der Waals surface area contributed by atoms with Crippen LogP contribution in [0.1, 0.15) is 5.56 Å². The second-order valence-corrected chi connectivity index (χ2v) is 5.59. The van der Waals surface area contributed by atoms with E-state index in [1.165, 1.54) is 11.5 Å². The van der Waals surface area contributed by atoms with Crippen molar-refractivity contribution in [2.24, 2.45) is 0 Å². The minimum Gasteiger partial charge on any atom is -0.397 e. The largest absolute Gasteiger partial charge is 0.397 e. The molecule has 82 valence electrons. The van der Waals surface area contributed by atoms with Crippen molar-refractivity contribution in [3.63, 3.8) is 0 Å². The number of nitrogen functional groups attached to an aromatic ring is 1. The molecule has 0 unspecified atom stereocenters. The molecule has 0 amide bonds. The first-order valence-electron chi connectivity index (χ1n) is 4.93. The Balaban J connectivity index is 2.31. The summed E-state index contributed by atoms with van der Waals surface area (Å²) in [7, 11) is 0. The van der Waals surface area contributed by atoms with E-state index in [4.69, 9.17) is 5.73 Å². The molecule has 0 spiro atoms. The van der Waals surface area contributed by atoms with Crippen molar-refractivity contribution >= 4 is 39.2 Å². The molecule has 2 rings (SSSR count). The molecule has 1 fully saturated rings. The van der Waals surface area contributed by atoms with E-state index in [1.807, 2.05) is 18.7 Å². The van der Waals surface area contributed by atoms with Gasteiger partial charge in [0.1, 0.15) is 5.82 Å². The van der Waals surface area contributed by atoms with E-state index in [2.05, 4.69) is 25.8 Å². The van der Waals surface area contributed by atoms with E-state index in [9.17, 15) is 0 Å². The Morgan fingerprint density at radius 3 is 2.80 bits per heavy atom. The molecule has 0 radical (unpaired) electrons. The summed E-state index contributed by atoms with van der Waals surface area (Å²) in [5.41, 5.74) is 7.63. The molecule has 2 heterocycles. The Morgan fingerprint density at radius 2 is 2.13 bits per heavy atom. The van der Waals surface area contributed by atoms with Crippen molar-refractivity contribution in [3.8, 4) is 0 Å². The fraction of sp³-hybridized carbons (Fsp3) is 0.500. The second-order valence-electron chi connectivity index (χ2n) is 3.58. The molecule has 0 saturated carbocycles. The molecule has 1 saturated heterocycles. The van der Waals surface area contributed by atoms with Gasteiger partial charge in [-0.05, 0) is 28.4 Å². The zero-order chi connectivity index (χ0) is 10.8. The normalized spacial score (nSPS) is 16.8. The van der Waals surface area contributed by atoms with Gasteiger partial charge in [0.2, 0.25) is 0 Å². The van der Waals surface area contributed by atoms with Gasteiger partial charge in [0.05, 0.1) is 16.4 Å². The summed E-state index contributed by atoms with van der Waals surface area (Å²) in [6.45, 7) is 4.16. The number of hydrogen-bond donors (Lipinski definition) is 1. The highest BCUT2D eigenvalue weighted by atomic mass is 79.9. The van der Waals surface area contributed by atoms with Crippen LogP contribution in [0.3, 0.4) is 0 Å². The summed E-state index contributed by atoms with van der Waals surface area (Å²) in [6, 6.07) is 0. The van der Waals surface area contributed by atoms with E-state index < -0.39 is 0 Å². The Bertz CT molecular complexity index is 364. The lowest BCUT2D eigenvalue weighted by Gasteiger charge is -2.28. The van der Waals surface area contributed by atoms with Crippen LogP contribution in [0.15, 0.2) is 10.7 Å². The summed E-state index contributed by atoms with van der Waals surface area (Å²) in [5, 5.41) is 0. The van der Waals surface area contributed by atoms with Crippen molar-refractivity contribution in [1.82, 2.24) is 4.98 Å². The van der Waals surface area contributed by atoms with Gasteiger partial charge in [0.15, 0.2) is 0 Å². The SMILES string of the molecule is Cc1c(N)cnc(N2CCSCC2)c1Br. The van der Waals surface area contributed by atoms with Gasteiger partial charge in [-0.1, -0.05) is 0 Å². The van der Waals surface area contributed by atoms with Gasteiger partial charge in [-0.15, -0.1) is 0 Å². The van der Waals surface area contributed by atoms with E-state index in [0.717, 1.165) is 34.6 Å². The number of anilines is 2. The highest BCUT2D eigenvalue weighted by Crippen LogP contribution is 2.31. The maximum absolute atomic E-state index is 5.80. The molecule has 0 aromatic carbocycles. The van der Waals surface area contributed by atoms with Crippen molar-refractivity contribution in [2.75, 3.05) is 35.2 Å². The van der Waals surface area contributed by atoms with E-state index >= 15 is 0 Å². The molecule has 1 aliphatic heterocycles. The van der Waals surface area contributed by atoms with Crippen LogP contribution in [-0.4, -0.2) is 29.6 Å². The van der Waals surface area contributed by atoms with Gasteiger partial charge >= 0.3 is 0 Å². The predicted octanol–water partition coefficient (Wildman–Crippen LogP) is 2.29. The lowest BCUT2D eigenvalue weighted by atomic mass is 10.2. The minimum absolute atomic E-state index is 0.747. The van der Waals surface area contributed by atoms with Crippen molar-refractivity contribution in [3.05, 3.63) is 16.2 Å². The monoisotopic (exact) mass is 287 g/mol. The molecule has 2 N–H and O–H groups in total. The highest BCUT2D eigenvalue weighted by molar-refractivity contribution is 9.10. The summed E-state index contributed by atoms with van der Waals surface area (Å²) < 4.78 is 1.04. The van der Waals surface area contributed by atoms with Gasteiger partial charge in [-0.3, -0.25) is 0 Å². The Labute approximate surface area is 103 Å². The smallest absolute Gasteiger partial charge is 0.143 e. The van der Waals surface area contributed by atoms with E-state index in [0.29, 0.717) is 0 Å². The molecular weight excluding hydrogens is 274 g/mol. The summed E-state index contributed by atoms with van der Waals surface area (Å²) in [6.07, 6.45) is 1.75. The molecule has 1 aromatic rings. The van der Waals surface area contributed by atoms with Gasteiger partial charge in [-0.2, -0.15) is 11.8 Å². The molecular formula is C10H14BrN3S. The number of rotatable bonds is 1. The summed E-state index contributed by atoms with van der Waals surface area (Å²) >= 11 is 5.57. The van der Waals surface area contributed by atoms with Crippen molar-refractivity contribution in [1.29, 1.82) is 0 Å². The fourth-order valence-corrected chi connectivity index (χ4v) is 3.06. The van der Waals surface area contributed by atoms with Crippen LogP contribution < -0.4 is 10.6 Å². The quantitative estimate of drug-likeness (QED) is 0.861. The average molecular weight is 288 g/mol.